The molecule has 0 saturated heterocycles. The molecule has 2 nitrogen and oxygen atoms in total. The van der Waals surface area contributed by atoms with E-state index in [1.165, 1.54) is 6.07 Å². The molecule has 3 rings (SSSR count). The van der Waals surface area contributed by atoms with Gasteiger partial charge in [-0.05, 0) is 47.7 Å². The Morgan fingerprint density at radius 1 is 1.19 bits per heavy atom. The average Bonchev–Trinajstić information content (AvgIpc) is 2.49. The zero-order chi connectivity index (χ0) is 15.0. The second-order valence-corrected chi connectivity index (χ2v) is 6.21. The number of halogens is 2. The van der Waals surface area contributed by atoms with Gasteiger partial charge in [-0.15, -0.1) is 0 Å². The fourth-order valence-corrected chi connectivity index (χ4v) is 3.17. The molecule has 2 aromatic carbocycles. The van der Waals surface area contributed by atoms with Gasteiger partial charge in [-0.1, -0.05) is 40.2 Å². The summed E-state index contributed by atoms with van der Waals surface area (Å²) in [6, 6.07) is 11.0. The number of benzene rings is 2. The summed E-state index contributed by atoms with van der Waals surface area (Å²) in [6.45, 7) is 2.44. The van der Waals surface area contributed by atoms with Crippen molar-refractivity contribution in [1.82, 2.24) is 5.32 Å². The van der Waals surface area contributed by atoms with Gasteiger partial charge in [0.05, 0.1) is 4.83 Å². The maximum atomic E-state index is 13.4. The molecule has 1 N–H and O–H groups in total. The van der Waals surface area contributed by atoms with Gasteiger partial charge in [0.1, 0.15) is 5.82 Å². The molecule has 1 aliphatic rings. The predicted octanol–water partition coefficient (Wildman–Crippen LogP) is 3.90. The fourth-order valence-electron chi connectivity index (χ4n) is 2.61. The van der Waals surface area contributed by atoms with Gasteiger partial charge in [-0.3, -0.25) is 4.79 Å². The minimum absolute atomic E-state index is 0.0203. The van der Waals surface area contributed by atoms with Crippen molar-refractivity contribution < 1.29 is 9.18 Å². The summed E-state index contributed by atoms with van der Waals surface area (Å²) in [7, 11) is 0. The van der Waals surface area contributed by atoms with Gasteiger partial charge in [0, 0.05) is 12.1 Å². The minimum Gasteiger partial charge on any atom is -0.352 e. The summed E-state index contributed by atoms with van der Waals surface area (Å²) in [6.07, 6.45) is 0.865. The number of carbonyl (C=O) groups is 1. The Bertz CT molecular complexity index is 714. The third-order valence-electron chi connectivity index (χ3n) is 3.83. The highest BCUT2D eigenvalue weighted by Crippen LogP contribution is 2.33. The first kappa shape index (κ1) is 14.3. The van der Waals surface area contributed by atoms with E-state index in [0.29, 0.717) is 12.1 Å². The zero-order valence-electron chi connectivity index (χ0n) is 11.6. The summed E-state index contributed by atoms with van der Waals surface area (Å²) in [5.41, 5.74) is 4.41. The van der Waals surface area contributed by atoms with E-state index in [0.717, 1.165) is 28.7 Å². The van der Waals surface area contributed by atoms with E-state index in [-0.39, 0.29) is 16.6 Å². The molecule has 0 aliphatic carbocycles. The Balaban J connectivity index is 1.98. The Kier molecular flexibility index (Phi) is 3.81. The number of fused-ring (bicyclic) bond motifs is 1. The highest BCUT2D eigenvalue weighted by atomic mass is 79.9. The van der Waals surface area contributed by atoms with E-state index >= 15 is 0 Å². The van der Waals surface area contributed by atoms with Gasteiger partial charge in [0.2, 0.25) is 0 Å². The van der Waals surface area contributed by atoms with E-state index in [4.69, 9.17) is 0 Å². The van der Waals surface area contributed by atoms with E-state index < -0.39 is 0 Å². The minimum atomic E-state index is -0.205. The van der Waals surface area contributed by atoms with Crippen LogP contribution in [0.15, 0.2) is 36.4 Å². The normalized spacial score (nSPS) is 15.3. The van der Waals surface area contributed by atoms with Crippen molar-refractivity contribution in [3.8, 4) is 0 Å². The number of alkyl halides is 1. The number of aryl methyl sites for hydroxylation is 1. The highest BCUT2D eigenvalue weighted by molar-refractivity contribution is 9.09. The second kappa shape index (κ2) is 5.60. The van der Waals surface area contributed by atoms with Crippen molar-refractivity contribution in [2.75, 3.05) is 6.54 Å². The number of nitrogens with one attached hydrogen (secondary N) is 1. The molecule has 0 saturated carbocycles. The van der Waals surface area contributed by atoms with Gasteiger partial charge < -0.3 is 5.32 Å². The zero-order valence-corrected chi connectivity index (χ0v) is 13.2. The van der Waals surface area contributed by atoms with E-state index in [1.54, 1.807) is 13.0 Å². The van der Waals surface area contributed by atoms with E-state index in [1.807, 2.05) is 24.3 Å². The lowest BCUT2D eigenvalue weighted by atomic mass is 9.95. The van der Waals surface area contributed by atoms with Crippen LogP contribution in [0, 0.1) is 12.7 Å². The quantitative estimate of drug-likeness (QED) is 0.820. The number of carbonyl (C=O) groups excluding carboxylic acids is 1. The van der Waals surface area contributed by atoms with Crippen LogP contribution >= 0.6 is 15.9 Å². The fraction of sp³-hybridized carbons (Fsp3) is 0.235. The third-order valence-corrected chi connectivity index (χ3v) is 4.88. The van der Waals surface area contributed by atoms with Gasteiger partial charge in [0.15, 0.2) is 0 Å². The molecule has 1 amide bonds. The maximum absolute atomic E-state index is 13.4. The molecule has 0 bridgehead atoms. The molecule has 1 heterocycles. The van der Waals surface area contributed by atoms with Crippen LogP contribution < -0.4 is 5.32 Å². The van der Waals surface area contributed by atoms with Crippen molar-refractivity contribution >= 4 is 21.8 Å². The summed E-state index contributed by atoms with van der Waals surface area (Å²) in [5, 5.41) is 2.86. The molecule has 0 fully saturated rings. The molecule has 4 heteroatoms. The van der Waals surface area contributed by atoms with Gasteiger partial charge in [0.25, 0.3) is 5.91 Å². The molecule has 0 radical (unpaired) electrons. The molecule has 108 valence electrons. The number of hydrogen-bond donors (Lipinski definition) is 1. The highest BCUT2D eigenvalue weighted by Gasteiger charge is 2.19. The van der Waals surface area contributed by atoms with E-state index in [2.05, 4.69) is 21.2 Å². The van der Waals surface area contributed by atoms with Crippen LogP contribution in [0.2, 0.25) is 0 Å². The standard InChI is InChI=1S/C17H15BrFNO/c1-10-8-12(4-5-15(10)19)16(18)13-3-2-11-6-7-20-17(21)14(11)9-13/h2-5,8-9,16H,6-7H2,1H3,(H,20,21). The Labute approximate surface area is 131 Å². The molecule has 1 atom stereocenters. The van der Waals surface area contributed by atoms with Crippen molar-refractivity contribution in [2.24, 2.45) is 0 Å². The summed E-state index contributed by atoms with van der Waals surface area (Å²) in [4.78, 5) is 11.9. The van der Waals surface area contributed by atoms with Crippen LogP contribution in [0.5, 0.6) is 0 Å². The van der Waals surface area contributed by atoms with Crippen LogP contribution in [0.4, 0.5) is 4.39 Å². The first-order chi connectivity index (χ1) is 10.1. The lowest BCUT2D eigenvalue weighted by Crippen LogP contribution is -2.31. The van der Waals surface area contributed by atoms with Gasteiger partial charge in [-0.25, -0.2) is 4.39 Å². The Hall–Kier alpha value is -1.68. The lowest BCUT2D eigenvalue weighted by molar-refractivity contribution is 0.0946. The second-order valence-electron chi connectivity index (χ2n) is 5.29. The molecule has 2 aromatic rings. The molecular formula is C17H15BrFNO. The summed E-state index contributed by atoms with van der Waals surface area (Å²) in [5.74, 6) is -0.226. The molecule has 1 unspecified atom stereocenters. The number of hydrogen-bond acceptors (Lipinski definition) is 1. The topological polar surface area (TPSA) is 29.1 Å². The first-order valence-corrected chi connectivity index (χ1v) is 7.79. The monoisotopic (exact) mass is 347 g/mol. The predicted molar refractivity (Wildman–Crippen MR) is 84.4 cm³/mol. The Morgan fingerprint density at radius 3 is 2.67 bits per heavy atom. The molecule has 21 heavy (non-hydrogen) atoms. The SMILES string of the molecule is Cc1cc(C(Br)c2ccc3c(c2)C(=O)NCC3)ccc1F. The Morgan fingerprint density at radius 2 is 1.90 bits per heavy atom. The maximum Gasteiger partial charge on any atom is 0.251 e. The van der Waals surface area contributed by atoms with Gasteiger partial charge >= 0.3 is 0 Å². The summed E-state index contributed by atoms with van der Waals surface area (Å²) >= 11 is 3.65. The average molecular weight is 348 g/mol. The summed E-state index contributed by atoms with van der Waals surface area (Å²) < 4.78 is 13.4. The van der Waals surface area contributed by atoms with Crippen LogP contribution in [0.3, 0.4) is 0 Å². The van der Waals surface area contributed by atoms with Crippen molar-refractivity contribution in [2.45, 2.75) is 18.2 Å². The van der Waals surface area contributed by atoms with Crippen LogP contribution in [-0.4, -0.2) is 12.5 Å². The van der Waals surface area contributed by atoms with Crippen LogP contribution in [-0.2, 0) is 6.42 Å². The first-order valence-electron chi connectivity index (χ1n) is 6.87. The van der Waals surface area contributed by atoms with Crippen molar-refractivity contribution in [3.05, 3.63) is 70.0 Å². The van der Waals surface area contributed by atoms with Crippen LogP contribution in [0.25, 0.3) is 0 Å². The lowest BCUT2D eigenvalue weighted by Gasteiger charge is -2.19. The number of amides is 1. The van der Waals surface area contributed by atoms with Crippen molar-refractivity contribution in [3.63, 3.8) is 0 Å². The van der Waals surface area contributed by atoms with Crippen molar-refractivity contribution in [1.29, 1.82) is 0 Å². The van der Waals surface area contributed by atoms with Gasteiger partial charge in [-0.2, -0.15) is 0 Å². The molecule has 1 aliphatic heterocycles. The number of rotatable bonds is 2. The smallest absolute Gasteiger partial charge is 0.251 e. The molecule has 0 spiro atoms. The largest absolute Gasteiger partial charge is 0.352 e. The molecular weight excluding hydrogens is 333 g/mol. The van der Waals surface area contributed by atoms with Crippen LogP contribution in [0.1, 0.15) is 37.4 Å². The molecule has 0 aromatic heterocycles. The third kappa shape index (κ3) is 2.72. The van der Waals surface area contributed by atoms with E-state index in [9.17, 15) is 9.18 Å².